The predicted molar refractivity (Wildman–Crippen MR) is 78.7 cm³/mol. The van der Waals surface area contributed by atoms with Crippen LogP contribution in [0, 0.1) is 11.3 Å². The van der Waals surface area contributed by atoms with Crippen LogP contribution in [0.1, 0.15) is 71.6 Å². The monoisotopic (exact) mass is 255 g/mol. The zero-order chi connectivity index (χ0) is 13.3. The Kier molecular flexibility index (Phi) is 7.92. The Morgan fingerprint density at radius 2 is 1.83 bits per heavy atom. The summed E-state index contributed by atoms with van der Waals surface area (Å²) < 4.78 is 5.65. The van der Waals surface area contributed by atoms with E-state index in [1.165, 1.54) is 51.4 Å². The minimum Gasteiger partial charge on any atom is -0.381 e. The van der Waals surface area contributed by atoms with E-state index in [1.54, 1.807) is 0 Å². The molecule has 1 fully saturated rings. The van der Waals surface area contributed by atoms with Gasteiger partial charge in [0.25, 0.3) is 0 Å². The van der Waals surface area contributed by atoms with Gasteiger partial charge in [-0.05, 0) is 56.4 Å². The van der Waals surface area contributed by atoms with Crippen molar-refractivity contribution in [2.24, 2.45) is 17.1 Å². The Labute approximate surface area is 114 Å². The first-order chi connectivity index (χ1) is 8.76. The highest BCUT2D eigenvalue weighted by Crippen LogP contribution is 2.42. The lowest BCUT2D eigenvalue weighted by Crippen LogP contribution is -2.36. The summed E-state index contributed by atoms with van der Waals surface area (Å²) in [5, 5.41) is 0. The molecule has 18 heavy (non-hydrogen) atoms. The van der Waals surface area contributed by atoms with E-state index < -0.39 is 0 Å². The Bertz CT molecular complexity index is 197. The average molecular weight is 255 g/mol. The largest absolute Gasteiger partial charge is 0.381 e. The minimum atomic E-state index is 0.399. The maximum atomic E-state index is 6.04. The third-order valence-electron chi connectivity index (χ3n) is 4.69. The summed E-state index contributed by atoms with van der Waals surface area (Å²) in [5.74, 6) is 0.973. The highest BCUT2D eigenvalue weighted by Gasteiger charge is 2.33. The SMILES string of the molecule is CCCCC1CCC(CN)(CCOCCC)CC1. The van der Waals surface area contributed by atoms with Crippen molar-refractivity contribution < 1.29 is 4.74 Å². The zero-order valence-electron chi connectivity index (χ0n) is 12.5. The summed E-state index contributed by atoms with van der Waals surface area (Å²) in [6, 6.07) is 0. The zero-order valence-corrected chi connectivity index (χ0v) is 12.5. The Morgan fingerprint density at radius 1 is 1.11 bits per heavy atom. The van der Waals surface area contributed by atoms with Crippen LogP contribution in [-0.4, -0.2) is 19.8 Å². The molecule has 2 heteroatoms. The topological polar surface area (TPSA) is 35.2 Å². The van der Waals surface area contributed by atoms with Gasteiger partial charge >= 0.3 is 0 Å². The molecule has 0 bridgehead atoms. The fourth-order valence-corrected chi connectivity index (χ4v) is 3.16. The molecule has 0 amide bonds. The Hall–Kier alpha value is -0.0800. The number of hydrogen-bond acceptors (Lipinski definition) is 2. The van der Waals surface area contributed by atoms with Gasteiger partial charge < -0.3 is 10.5 Å². The molecular weight excluding hydrogens is 222 g/mol. The second-order valence-electron chi connectivity index (χ2n) is 6.15. The summed E-state index contributed by atoms with van der Waals surface area (Å²) in [6.45, 7) is 7.11. The van der Waals surface area contributed by atoms with Crippen LogP contribution in [0.4, 0.5) is 0 Å². The first-order valence-electron chi connectivity index (χ1n) is 8.04. The summed E-state index contributed by atoms with van der Waals surface area (Å²) in [7, 11) is 0. The highest BCUT2D eigenvalue weighted by molar-refractivity contribution is 4.86. The van der Waals surface area contributed by atoms with Crippen molar-refractivity contribution in [1.82, 2.24) is 0 Å². The molecule has 0 atom stereocenters. The molecule has 0 aliphatic heterocycles. The number of rotatable bonds is 9. The van der Waals surface area contributed by atoms with E-state index in [0.29, 0.717) is 5.41 Å². The second kappa shape index (κ2) is 8.92. The van der Waals surface area contributed by atoms with Crippen molar-refractivity contribution in [3.63, 3.8) is 0 Å². The highest BCUT2D eigenvalue weighted by atomic mass is 16.5. The van der Waals surface area contributed by atoms with Crippen LogP contribution in [0.5, 0.6) is 0 Å². The summed E-state index contributed by atoms with van der Waals surface area (Å²) in [5.41, 5.74) is 6.44. The van der Waals surface area contributed by atoms with E-state index in [2.05, 4.69) is 13.8 Å². The summed E-state index contributed by atoms with van der Waals surface area (Å²) >= 11 is 0. The average Bonchev–Trinajstić information content (AvgIpc) is 2.43. The maximum absolute atomic E-state index is 6.04. The van der Waals surface area contributed by atoms with E-state index in [-0.39, 0.29) is 0 Å². The lowest BCUT2D eigenvalue weighted by atomic mass is 9.68. The van der Waals surface area contributed by atoms with Crippen LogP contribution in [-0.2, 0) is 4.74 Å². The van der Waals surface area contributed by atoms with Crippen LogP contribution < -0.4 is 5.73 Å². The van der Waals surface area contributed by atoms with Crippen molar-refractivity contribution >= 4 is 0 Å². The van der Waals surface area contributed by atoms with E-state index in [1.807, 2.05) is 0 Å². The molecule has 1 aliphatic rings. The molecule has 2 nitrogen and oxygen atoms in total. The summed E-state index contributed by atoms with van der Waals surface area (Å²) in [4.78, 5) is 0. The lowest BCUT2D eigenvalue weighted by molar-refractivity contribution is 0.0663. The molecule has 0 aromatic rings. The first-order valence-corrected chi connectivity index (χ1v) is 8.04. The van der Waals surface area contributed by atoms with Gasteiger partial charge in [-0.1, -0.05) is 33.1 Å². The van der Waals surface area contributed by atoms with Crippen molar-refractivity contribution in [1.29, 1.82) is 0 Å². The molecule has 1 aliphatic carbocycles. The lowest BCUT2D eigenvalue weighted by Gasteiger charge is -2.39. The molecule has 0 radical (unpaired) electrons. The fraction of sp³-hybridized carbons (Fsp3) is 1.00. The number of hydrogen-bond donors (Lipinski definition) is 1. The van der Waals surface area contributed by atoms with Crippen molar-refractivity contribution in [2.45, 2.75) is 71.6 Å². The molecule has 0 aromatic carbocycles. The van der Waals surface area contributed by atoms with Gasteiger partial charge in [-0.2, -0.15) is 0 Å². The van der Waals surface area contributed by atoms with Gasteiger partial charge in [0.05, 0.1) is 0 Å². The van der Waals surface area contributed by atoms with Crippen molar-refractivity contribution in [3.05, 3.63) is 0 Å². The van der Waals surface area contributed by atoms with Crippen LogP contribution >= 0.6 is 0 Å². The predicted octanol–water partition coefficient (Wildman–Crippen LogP) is 4.13. The van der Waals surface area contributed by atoms with E-state index in [9.17, 15) is 0 Å². The Balaban J connectivity index is 2.26. The molecule has 1 rings (SSSR count). The van der Waals surface area contributed by atoms with Gasteiger partial charge in [0.1, 0.15) is 0 Å². The molecule has 0 saturated heterocycles. The normalized spacial score (nSPS) is 28.5. The smallest absolute Gasteiger partial charge is 0.0471 e. The quantitative estimate of drug-likeness (QED) is 0.629. The number of unbranched alkanes of at least 4 members (excludes halogenated alkanes) is 1. The second-order valence-corrected chi connectivity index (χ2v) is 6.15. The molecule has 1 saturated carbocycles. The van der Waals surface area contributed by atoms with E-state index in [4.69, 9.17) is 10.5 Å². The van der Waals surface area contributed by atoms with Crippen LogP contribution in [0.15, 0.2) is 0 Å². The maximum Gasteiger partial charge on any atom is 0.0471 e. The third kappa shape index (κ3) is 5.27. The summed E-state index contributed by atoms with van der Waals surface area (Å²) in [6.07, 6.45) is 11.9. The van der Waals surface area contributed by atoms with Crippen LogP contribution in [0.3, 0.4) is 0 Å². The van der Waals surface area contributed by atoms with Crippen molar-refractivity contribution in [3.8, 4) is 0 Å². The third-order valence-corrected chi connectivity index (χ3v) is 4.69. The minimum absolute atomic E-state index is 0.399. The van der Waals surface area contributed by atoms with Crippen LogP contribution in [0.2, 0.25) is 0 Å². The van der Waals surface area contributed by atoms with E-state index >= 15 is 0 Å². The van der Waals surface area contributed by atoms with Crippen LogP contribution in [0.25, 0.3) is 0 Å². The molecule has 0 aromatic heterocycles. The fourth-order valence-electron chi connectivity index (χ4n) is 3.16. The van der Waals surface area contributed by atoms with Gasteiger partial charge in [-0.3, -0.25) is 0 Å². The van der Waals surface area contributed by atoms with Gasteiger partial charge in [0, 0.05) is 13.2 Å². The molecule has 0 spiro atoms. The van der Waals surface area contributed by atoms with Gasteiger partial charge in [0.2, 0.25) is 0 Å². The molecule has 108 valence electrons. The standard InChI is InChI=1S/C16H33NO/c1-3-5-6-15-7-9-16(14-17,10-8-15)11-13-18-12-4-2/h15H,3-14,17H2,1-2H3. The van der Waals surface area contributed by atoms with Gasteiger partial charge in [-0.25, -0.2) is 0 Å². The van der Waals surface area contributed by atoms with Crippen molar-refractivity contribution in [2.75, 3.05) is 19.8 Å². The van der Waals surface area contributed by atoms with Gasteiger partial charge in [0.15, 0.2) is 0 Å². The van der Waals surface area contributed by atoms with Gasteiger partial charge in [-0.15, -0.1) is 0 Å². The molecule has 0 unspecified atom stereocenters. The molecular formula is C16H33NO. The number of ether oxygens (including phenoxy) is 1. The Morgan fingerprint density at radius 3 is 2.39 bits per heavy atom. The number of nitrogens with two attached hydrogens (primary N) is 1. The first kappa shape index (κ1) is 16.0. The van der Waals surface area contributed by atoms with E-state index in [0.717, 1.165) is 32.1 Å². The molecule has 0 heterocycles. The molecule has 2 N–H and O–H groups in total.